The molecule has 1 fully saturated rings. The first-order chi connectivity index (χ1) is 17.7. The van der Waals surface area contributed by atoms with E-state index in [-0.39, 0.29) is 22.9 Å². The molecule has 0 unspecified atom stereocenters. The van der Waals surface area contributed by atoms with Gasteiger partial charge < -0.3 is 5.32 Å². The van der Waals surface area contributed by atoms with Crippen LogP contribution in [0.15, 0.2) is 53.6 Å². The van der Waals surface area contributed by atoms with Gasteiger partial charge in [0, 0.05) is 39.0 Å². The van der Waals surface area contributed by atoms with Gasteiger partial charge in [0.15, 0.2) is 26.2 Å². The van der Waals surface area contributed by atoms with E-state index in [0.717, 1.165) is 31.9 Å². The molecule has 2 heterocycles. The summed E-state index contributed by atoms with van der Waals surface area (Å²) in [4.78, 5) is 17.9. The minimum absolute atomic E-state index is 0.0274. The van der Waals surface area contributed by atoms with Crippen molar-refractivity contribution in [1.29, 1.82) is 5.26 Å². The Balaban J connectivity index is 1.90. The van der Waals surface area contributed by atoms with Crippen molar-refractivity contribution < 1.29 is 13.2 Å². The highest BCUT2D eigenvalue weighted by atomic mass is 35.5. The van der Waals surface area contributed by atoms with Crippen molar-refractivity contribution in [2.45, 2.75) is 36.8 Å². The van der Waals surface area contributed by atoms with E-state index in [1.165, 1.54) is 4.52 Å². The predicted molar refractivity (Wildman–Crippen MR) is 141 cm³/mol. The summed E-state index contributed by atoms with van der Waals surface area (Å²) >= 11 is 12.7. The molecule has 0 radical (unpaired) electrons. The molecule has 8 nitrogen and oxygen atoms in total. The van der Waals surface area contributed by atoms with Gasteiger partial charge in [-0.15, -0.1) is 0 Å². The molecule has 1 aliphatic rings. The predicted octanol–water partition coefficient (Wildman–Crippen LogP) is 5.32. The summed E-state index contributed by atoms with van der Waals surface area (Å²) in [5, 5.41) is 17.9. The number of rotatable bonds is 5. The second-order valence-corrected chi connectivity index (χ2v) is 11.7. The first-order valence-electron chi connectivity index (χ1n) is 11.6. The Bertz CT molecular complexity index is 1690. The van der Waals surface area contributed by atoms with E-state index in [1.54, 1.807) is 48.5 Å². The maximum atomic E-state index is 13.5. The van der Waals surface area contributed by atoms with Crippen molar-refractivity contribution in [3.63, 3.8) is 0 Å². The van der Waals surface area contributed by atoms with Crippen LogP contribution in [0.3, 0.4) is 0 Å². The molecule has 0 saturated heterocycles. The molecule has 5 rings (SSSR count). The minimum Gasteiger partial charge on any atom is -0.349 e. The van der Waals surface area contributed by atoms with Crippen LogP contribution in [0, 0.1) is 11.3 Å². The van der Waals surface area contributed by atoms with Gasteiger partial charge in [0.25, 0.3) is 5.91 Å². The van der Waals surface area contributed by atoms with Crippen LogP contribution in [0.2, 0.25) is 10.0 Å². The van der Waals surface area contributed by atoms with Gasteiger partial charge in [0.2, 0.25) is 0 Å². The highest BCUT2D eigenvalue weighted by Crippen LogP contribution is 2.39. The Morgan fingerprint density at radius 1 is 1.11 bits per heavy atom. The molecule has 1 saturated carbocycles. The van der Waals surface area contributed by atoms with E-state index >= 15 is 0 Å². The third-order valence-electron chi connectivity index (χ3n) is 6.37. The smallest absolute Gasteiger partial charge is 0.258 e. The van der Waals surface area contributed by atoms with E-state index in [2.05, 4.69) is 21.5 Å². The third-order valence-corrected chi connectivity index (χ3v) is 7.94. The van der Waals surface area contributed by atoms with Gasteiger partial charge >= 0.3 is 0 Å². The minimum atomic E-state index is -3.95. The summed E-state index contributed by atoms with van der Waals surface area (Å²) in [7, 11) is -3.95. The summed E-state index contributed by atoms with van der Waals surface area (Å²) in [5.41, 5.74) is 1.55. The number of carbonyl (C=O) groups is 1. The van der Waals surface area contributed by atoms with E-state index in [9.17, 15) is 18.5 Å². The lowest BCUT2D eigenvalue weighted by Gasteiger charge is -2.15. The van der Waals surface area contributed by atoms with Crippen molar-refractivity contribution in [2.24, 2.45) is 0 Å². The van der Waals surface area contributed by atoms with Crippen LogP contribution in [-0.2, 0) is 9.84 Å². The SMILES string of the molecule is CS(=O)(=O)c1nn2c(-c3ccc(Cl)cc3)c(-c3ccccc3Cl)c(C#N)nc2c1C(=O)NC1CCCC1. The summed E-state index contributed by atoms with van der Waals surface area (Å²) in [6.45, 7) is 0. The van der Waals surface area contributed by atoms with Gasteiger partial charge in [0.05, 0.1) is 5.69 Å². The summed E-state index contributed by atoms with van der Waals surface area (Å²) in [5.74, 6) is -0.591. The molecule has 1 aliphatic carbocycles. The fourth-order valence-corrected chi connectivity index (χ4v) is 5.83. The maximum Gasteiger partial charge on any atom is 0.258 e. The molecular weight excluding hydrogens is 533 g/mol. The van der Waals surface area contributed by atoms with Crippen LogP contribution in [0.5, 0.6) is 0 Å². The molecule has 0 bridgehead atoms. The van der Waals surface area contributed by atoms with E-state index < -0.39 is 20.8 Å². The number of aromatic nitrogens is 3. The van der Waals surface area contributed by atoms with Gasteiger partial charge in [-0.05, 0) is 31.0 Å². The fraction of sp³-hybridized carbons (Fsp3) is 0.231. The Morgan fingerprint density at radius 2 is 1.78 bits per heavy atom. The van der Waals surface area contributed by atoms with Gasteiger partial charge in [0.1, 0.15) is 11.6 Å². The summed E-state index contributed by atoms with van der Waals surface area (Å²) in [6.07, 6.45) is 4.57. The van der Waals surface area contributed by atoms with E-state index in [1.807, 2.05) is 0 Å². The molecule has 0 spiro atoms. The molecule has 2 aromatic heterocycles. The monoisotopic (exact) mass is 553 g/mol. The van der Waals surface area contributed by atoms with Crippen molar-refractivity contribution in [1.82, 2.24) is 19.9 Å². The molecule has 4 aromatic rings. The molecule has 11 heteroatoms. The molecular formula is C26H21Cl2N5O3S. The lowest BCUT2D eigenvalue weighted by molar-refractivity contribution is 0.0936. The van der Waals surface area contributed by atoms with Crippen LogP contribution in [0.25, 0.3) is 28.0 Å². The number of fused-ring (bicyclic) bond motifs is 1. The molecule has 1 N–H and O–H groups in total. The van der Waals surface area contributed by atoms with Gasteiger partial charge in [-0.1, -0.05) is 66.4 Å². The van der Waals surface area contributed by atoms with Crippen molar-refractivity contribution in [3.8, 4) is 28.5 Å². The number of nitrogens with zero attached hydrogens (tertiary/aromatic N) is 4. The Morgan fingerprint density at radius 3 is 2.41 bits per heavy atom. The Hall–Kier alpha value is -3.45. The quantitative estimate of drug-likeness (QED) is 0.357. The first kappa shape index (κ1) is 25.2. The summed E-state index contributed by atoms with van der Waals surface area (Å²) in [6, 6.07) is 15.8. The molecule has 0 atom stereocenters. The summed E-state index contributed by atoms with van der Waals surface area (Å²) < 4.78 is 27.0. The van der Waals surface area contributed by atoms with Crippen LogP contribution >= 0.6 is 23.2 Å². The van der Waals surface area contributed by atoms with Crippen LogP contribution in [0.4, 0.5) is 0 Å². The Labute approximate surface area is 223 Å². The zero-order valence-corrected chi connectivity index (χ0v) is 22.0. The molecule has 188 valence electrons. The molecule has 1 amide bonds. The normalized spacial score (nSPS) is 14.1. The number of amides is 1. The second-order valence-electron chi connectivity index (χ2n) is 8.93. The number of nitrogens with one attached hydrogen (secondary N) is 1. The topological polar surface area (TPSA) is 117 Å². The number of hydrogen-bond donors (Lipinski definition) is 1. The van der Waals surface area contributed by atoms with Gasteiger partial charge in [-0.25, -0.2) is 17.9 Å². The number of carbonyl (C=O) groups excluding carboxylic acids is 1. The van der Waals surface area contributed by atoms with Gasteiger partial charge in [-0.3, -0.25) is 4.79 Å². The van der Waals surface area contributed by atoms with Crippen molar-refractivity contribution in [3.05, 3.63) is 69.8 Å². The maximum absolute atomic E-state index is 13.5. The molecule has 0 aliphatic heterocycles. The van der Waals surface area contributed by atoms with E-state index in [0.29, 0.717) is 32.4 Å². The Kier molecular flexibility index (Phi) is 6.67. The largest absolute Gasteiger partial charge is 0.349 e. The van der Waals surface area contributed by atoms with Crippen LogP contribution in [-0.4, -0.2) is 41.2 Å². The average molecular weight is 554 g/mol. The number of hydrogen-bond acceptors (Lipinski definition) is 6. The average Bonchev–Trinajstić information content (AvgIpc) is 3.51. The van der Waals surface area contributed by atoms with E-state index in [4.69, 9.17) is 23.2 Å². The fourth-order valence-electron chi connectivity index (χ4n) is 4.69. The molecule has 37 heavy (non-hydrogen) atoms. The lowest BCUT2D eigenvalue weighted by Crippen LogP contribution is -2.33. The standard InChI is InChI=1S/C26H21Cl2N5O3S/c1-37(35,36)26-22(25(34)30-17-6-2-3-7-17)24-31-20(14-29)21(18-8-4-5-9-19(18)28)23(33(24)32-26)15-10-12-16(27)13-11-15/h4-5,8-13,17H,2-3,6-7H2,1H3,(H,30,34). The van der Waals surface area contributed by atoms with Crippen LogP contribution in [0.1, 0.15) is 41.7 Å². The molecule has 2 aromatic carbocycles. The highest BCUT2D eigenvalue weighted by molar-refractivity contribution is 7.90. The van der Waals surface area contributed by atoms with Crippen LogP contribution < -0.4 is 5.32 Å². The number of sulfone groups is 1. The highest BCUT2D eigenvalue weighted by Gasteiger charge is 2.32. The first-order valence-corrected chi connectivity index (χ1v) is 14.2. The zero-order valence-electron chi connectivity index (χ0n) is 19.7. The number of halogens is 2. The third kappa shape index (κ3) is 4.68. The lowest BCUT2D eigenvalue weighted by atomic mass is 9.97. The number of nitriles is 1. The van der Waals surface area contributed by atoms with Crippen molar-refractivity contribution in [2.75, 3.05) is 6.26 Å². The van der Waals surface area contributed by atoms with Gasteiger partial charge in [-0.2, -0.15) is 10.4 Å². The zero-order chi connectivity index (χ0) is 26.3. The van der Waals surface area contributed by atoms with Crippen molar-refractivity contribution >= 4 is 44.6 Å². The number of benzene rings is 2. The second kappa shape index (κ2) is 9.78.